The third-order valence-electron chi connectivity index (χ3n) is 3.37. The predicted molar refractivity (Wildman–Crippen MR) is 73.9 cm³/mol. The van der Waals surface area contributed by atoms with Crippen LogP contribution < -0.4 is 4.74 Å². The minimum Gasteiger partial charge on any atom is -0.480 e. The molecule has 0 saturated heterocycles. The van der Waals surface area contributed by atoms with E-state index in [0.29, 0.717) is 17.5 Å². The van der Waals surface area contributed by atoms with Gasteiger partial charge in [-0.1, -0.05) is 20.3 Å². The molecular weight excluding hydrogens is 297 g/mol. The van der Waals surface area contributed by atoms with Crippen LogP contribution in [0.5, 0.6) is 5.88 Å². The van der Waals surface area contributed by atoms with Gasteiger partial charge in [-0.25, -0.2) is 14.6 Å². The van der Waals surface area contributed by atoms with Crippen molar-refractivity contribution in [3.8, 4) is 11.6 Å². The number of hydrogen-bond donors (Lipinski definition) is 0. The minimum atomic E-state index is -4.55. The number of halogens is 3. The molecule has 2 aromatic heterocycles. The van der Waals surface area contributed by atoms with E-state index in [1.165, 1.54) is 11.8 Å². The Morgan fingerprint density at radius 3 is 2.41 bits per heavy atom. The number of aromatic nitrogens is 4. The van der Waals surface area contributed by atoms with Crippen molar-refractivity contribution in [1.29, 1.82) is 0 Å². The van der Waals surface area contributed by atoms with Crippen LogP contribution in [0.25, 0.3) is 5.69 Å². The summed E-state index contributed by atoms with van der Waals surface area (Å²) in [5.74, 6) is -0.259. The third kappa shape index (κ3) is 3.55. The molecule has 0 spiro atoms. The highest BCUT2D eigenvalue weighted by Gasteiger charge is 2.34. The van der Waals surface area contributed by atoms with E-state index < -0.39 is 12.0 Å². The summed E-state index contributed by atoms with van der Waals surface area (Å²) in [5, 5.41) is 4.21. The van der Waals surface area contributed by atoms with Crippen LogP contribution in [0.1, 0.15) is 31.7 Å². The van der Waals surface area contributed by atoms with E-state index in [0.717, 1.165) is 30.8 Å². The van der Waals surface area contributed by atoms with Crippen molar-refractivity contribution in [2.45, 2.75) is 32.9 Å². The number of nitrogens with zero attached hydrogens (tertiary/aromatic N) is 4. The molecule has 22 heavy (non-hydrogen) atoms. The molecule has 2 aromatic rings. The van der Waals surface area contributed by atoms with Gasteiger partial charge in [0.25, 0.3) is 0 Å². The topological polar surface area (TPSA) is 52.8 Å². The molecule has 0 aliphatic carbocycles. The van der Waals surface area contributed by atoms with Gasteiger partial charge in [0.05, 0.1) is 19.5 Å². The van der Waals surface area contributed by atoms with E-state index in [9.17, 15) is 13.2 Å². The minimum absolute atomic E-state index is 0.349. The number of alkyl halides is 3. The predicted octanol–water partition coefficient (Wildman–Crippen LogP) is 3.28. The molecule has 0 aromatic carbocycles. The largest absolute Gasteiger partial charge is 0.480 e. The molecule has 120 valence electrons. The van der Waals surface area contributed by atoms with E-state index >= 15 is 0 Å². The van der Waals surface area contributed by atoms with Gasteiger partial charge < -0.3 is 4.74 Å². The lowest BCUT2D eigenvalue weighted by Gasteiger charge is -2.06. The third-order valence-corrected chi connectivity index (χ3v) is 3.37. The first-order chi connectivity index (χ1) is 10.3. The first-order valence-electron chi connectivity index (χ1n) is 6.87. The van der Waals surface area contributed by atoms with Gasteiger partial charge in [-0.15, -0.1) is 5.10 Å². The van der Waals surface area contributed by atoms with Crippen molar-refractivity contribution in [3.63, 3.8) is 0 Å². The van der Waals surface area contributed by atoms with E-state index in [1.807, 2.05) is 0 Å². The van der Waals surface area contributed by atoms with Crippen molar-refractivity contribution < 1.29 is 17.9 Å². The first kappa shape index (κ1) is 16.3. The van der Waals surface area contributed by atoms with Gasteiger partial charge >= 0.3 is 6.18 Å². The summed E-state index contributed by atoms with van der Waals surface area (Å²) < 4.78 is 44.0. The molecule has 0 bridgehead atoms. The Kier molecular flexibility index (Phi) is 4.68. The molecule has 0 N–H and O–H groups in total. The molecule has 0 fully saturated rings. The van der Waals surface area contributed by atoms with Crippen molar-refractivity contribution in [2.75, 3.05) is 7.11 Å². The van der Waals surface area contributed by atoms with Crippen LogP contribution in [0.2, 0.25) is 0 Å². The van der Waals surface area contributed by atoms with Crippen LogP contribution in [0, 0.1) is 5.92 Å². The van der Waals surface area contributed by atoms with Crippen molar-refractivity contribution in [1.82, 2.24) is 19.7 Å². The van der Waals surface area contributed by atoms with Crippen LogP contribution >= 0.6 is 0 Å². The Morgan fingerprint density at radius 1 is 1.27 bits per heavy atom. The number of rotatable bonds is 5. The lowest BCUT2D eigenvalue weighted by Crippen LogP contribution is -2.11. The summed E-state index contributed by atoms with van der Waals surface area (Å²) in [5.41, 5.74) is 1.25. The van der Waals surface area contributed by atoms with Gasteiger partial charge in [0.2, 0.25) is 11.7 Å². The Bertz CT molecular complexity index is 622. The zero-order valence-electron chi connectivity index (χ0n) is 12.6. The maximum absolute atomic E-state index is 12.5. The molecule has 1 atom stereocenters. The number of methoxy groups -OCH3 is 1. The average Bonchev–Trinajstić information content (AvgIpc) is 2.89. The highest BCUT2D eigenvalue weighted by molar-refractivity contribution is 5.31. The summed E-state index contributed by atoms with van der Waals surface area (Å²) in [4.78, 5) is 6.66. The first-order valence-corrected chi connectivity index (χ1v) is 6.87. The van der Waals surface area contributed by atoms with Crippen molar-refractivity contribution in [3.05, 3.63) is 30.0 Å². The Morgan fingerprint density at radius 2 is 1.91 bits per heavy atom. The lowest BCUT2D eigenvalue weighted by atomic mass is 10.0. The number of hydrogen-bond acceptors (Lipinski definition) is 4. The maximum atomic E-state index is 12.5. The van der Waals surface area contributed by atoms with Crippen molar-refractivity contribution in [2.24, 2.45) is 5.92 Å². The van der Waals surface area contributed by atoms with E-state index in [4.69, 9.17) is 4.74 Å². The molecule has 0 saturated carbocycles. The highest BCUT2D eigenvalue weighted by atomic mass is 19.4. The lowest BCUT2D eigenvalue weighted by molar-refractivity contribution is -0.145. The summed E-state index contributed by atoms with van der Waals surface area (Å²) in [6, 6.07) is 0. The number of ether oxygens (including phenoxy) is 1. The smallest absolute Gasteiger partial charge is 0.451 e. The van der Waals surface area contributed by atoms with Crippen LogP contribution in [-0.2, 0) is 12.6 Å². The highest BCUT2D eigenvalue weighted by Crippen LogP contribution is 2.26. The molecule has 0 aliphatic heterocycles. The summed E-state index contributed by atoms with van der Waals surface area (Å²) in [6.45, 7) is 4.20. The molecular formula is C14H17F3N4O. The monoisotopic (exact) mass is 314 g/mol. The fraction of sp³-hybridized carbons (Fsp3) is 0.500. The second-order valence-electron chi connectivity index (χ2n) is 5.09. The summed E-state index contributed by atoms with van der Waals surface area (Å²) in [6.07, 6.45) is 1.16. The molecule has 0 amide bonds. The molecule has 2 rings (SSSR count). The van der Waals surface area contributed by atoms with E-state index in [-0.39, 0.29) is 0 Å². The van der Waals surface area contributed by atoms with Crippen LogP contribution in [0.3, 0.4) is 0 Å². The molecule has 8 heteroatoms. The summed E-state index contributed by atoms with van der Waals surface area (Å²) in [7, 11) is 1.51. The zero-order valence-corrected chi connectivity index (χ0v) is 12.6. The van der Waals surface area contributed by atoms with Gasteiger partial charge in [-0.3, -0.25) is 0 Å². The molecule has 2 heterocycles. The average molecular weight is 314 g/mol. The normalized spacial score (nSPS) is 13.2. The molecule has 5 nitrogen and oxygen atoms in total. The van der Waals surface area contributed by atoms with Crippen LogP contribution in [-0.4, -0.2) is 26.9 Å². The fourth-order valence-corrected chi connectivity index (χ4v) is 1.94. The standard InChI is InChI=1S/C14H17F3N4O/c1-4-9(2)5-10-8-21(20-12(10)22-3)11-6-18-13(19-7-11)14(15,16)17/h6-9H,4-5H2,1-3H3. The second-order valence-corrected chi connectivity index (χ2v) is 5.09. The second kappa shape index (κ2) is 6.33. The Labute approximate surface area is 126 Å². The molecule has 0 radical (unpaired) electrons. The van der Waals surface area contributed by atoms with Crippen LogP contribution in [0.4, 0.5) is 13.2 Å². The Hall–Kier alpha value is -2.12. The quantitative estimate of drug-likeness (QED) is 0.850. The van der Waals surface area contributed by atoms with Gasteiger partial charge in [0, 0.05) is 11.8 Å². The van der Waals surface area contributed by atoms with Gasteiger partial charge in [-0.05, 0) is 12.3 Å². The van der Waals surface area contributed by atoms with Gasteiger partial charge in [-0.2, -0.15) is 13.2 Å². The summed E-state index contributed by atoms with van der Waals surface area (Å²) >= 11 is 0. The van der Waals surface area contributed by atoms with E-state index in [2.05, 4.69) is 28.9 Å². The van der Waals surface area contributed by atoms with Crippen molar-refractivity contribution >= 4 is 0 Å². The fourth-order valence-electron chi connectivity index (χ4n) is 1.94. The maximum Gasteiger partial charge on any atom is 0.451 e. The Balaban J connectivity index is 2.29. The zero-order chi connectivity index (χ0) is 16.3. The van der Waals surface area contributed by atoms with Gasteiger partial charge in [0.1, 0.15) is 5.69 Å². The van der Waals surface area contributed by atoms with Crippen LogP contribution in [0.15, 0.2) is 18.6 Å². The molecule has 0 aliphatic rings. The van der Waals surface area contributed by atoms with Gasteiger partial charge in [0.15, 0.2) is 0 Å². The molecule has 1 unspecified atom stereocenters. The SMILES string of the molecule is CCC(C)Cc1cn(-c2cnc(C(F)(F)F)nc2)nc1OC. The van der Waals surface area contributed by atoms with E-state index in [1.54, 1.807) is 6.20 Å².